The summed E-state index contributed by atoms with van der Waals surface area (Å²) in [5, 5.41) is 38.0. The van der Waals surface area contributed by atoms with Gasteiger partial charge in [0.2, 0.25) is 70.5 Å². The maximum Gasteiger partial charge on any atom is 0.223 e. The van der Waals surface area contributed by atoms with Crippen LogP contribution in [-0.2, 0) is 0 Å². The van der Waals surface area contributed by atoms with Gasteiger partial charge in [-0.25, -0.2) is 74.2 Å². The molecular formula is C97H68BrCl3FN33O7. The average molecular weight is 2010 g/mol. The monoisotopic (exact) mass is 2010 g/mol. The van der Waals surface area contributed by atoms with Gasteiger partial charge in [-0.3, -0.25) is 0 Å². The molecule has 0 aliphatic rings. The van der Waals surface area contributed by atoms with Crippen LogP contribution in [-0.4, -0.2) is 137 Å². The summed E-state index contributed by atoms with van der Waals surface area (Å²) < 4.78 is 62.4. The Bertz CT molecular complexity index is 9090. The Balaban J connectivity index is 0.0000000949. The van der Waals surface area contributed by atoms with E-state index >= 15 is 0 Å². The molecule has 0 aliphatic heterocycles. The summed E-state index contributed by atoms with van der Waals surface area (Å²) in [7, 11) is 0. The lowest BCUT2D eigenvalue weighted by atomic mass is 10.0. The van der Waals surface area contributed by atoms with Gasteiger partial charge in [-0.2, -0.15) is 31.6 Å². The van der Waals surface area contributed by atoms with Crippen LogP contribution in [0.5, 0.6) is 0 Å². The number of halogens is 5. The Morgan fingerprint density at radius 3 is 1.01 bits per heavy atom. The molecule has 0 radical (unpaired) electrons. The number of fused-ring (bicyclic) bond motifs is 21. The van der Waals surface area contributed by atoms with Crippen LogP contribution in [0, 0.1) is 26.6 Å². The summed E-state index contributed by atoms with van der Waals surface area (Å²) in [6, 6.07) is 63.8. The van der Waals surface area contributed by atoms with Crippen LogP contribution >= 0.6 is 50.7 Å². The first-order valence-electron chi connectivity index (χ1n) is 43.1. The van der Waals surface area contributed by atoms with E-state index in [0.717, 1.165) is 81.8 Å². The molecule has 45 heteroatoms. The highest BCUT2D eigenvalue weighted by atomic mass is 79.9. The third kappa shape index (κ3) is 16.8. The third-order valence-corrected chi connectivity index (χ3v) is 23.6. The number of rotatable bonds is 8. The lowest BCUT2D eigenvalue weighted by molar-refractivity contribution is 0.577. The highest BCUT2D eigenvalue weighted by Gasteiger charge is 2.25. The van der Waals surface area contributed by atoms with E-state index in [1.807, 2.05) is 136 Å². The minimum absolute atomic E-state index is 0.185. The molecule has 0 unspecified atom stereocenters. The minimum Gasteiger partial charge on any atom is -0.461 e. The molecule has 0 bridgehead atoms. The second kappa shape index (κ2) is 36.5. The molecule has 7 aromatic carbocycles. The second-order valence-corrected chi connectivity index (χ2v) is 34.1. The van der Waals surface area contributed by atoms with Gasteiger partial charge in [0, 0.05) is 36.4 Å². The molecule has 10 N–H and O–H groups in total. The van der Waals surface area contributed by atoms with Gasteiger partial charge < -0.3 is 59.6 Å². The Labute approximate surface area is 818 Å². The molecule has 698 valence electrons. The van der Waals surface area contributed by atoms with Gasteiger partial charge in [0.05, 0.1) is 103 Å². The van der Waals surface area contributed by atoms with E-state index in [1.54, 1.807) is 124 Å². The zero-order valence-electron chi connectivity index (χ0n) is 74.5. The van der Waals surface area contributed by atoms with Crippen molar-refractivity contribution in [3.63, 3.8) is 0 Å². The van der Waals surface area contributed by atoms with Gasteiger partial charge in [-0.1, -0.05) is 88.8 Å². The molecular weight excluding hydrogens is 1940 g/mol. The standard InChI is InChI=1S/C16H15N5O.2C14H9ClN4O.C14H11N5O.C13H8BrN5O.C13H8ClN5O.C13H8FN5O/c1-9(2)10-5-6-12-11(8-10)15-19-14(13-4-3-7-22-13)20-21(15)16(17)18-12;1-8-16-10-5-2-4-9(15)12(10)14-17-13(18-19(8)14)11-6-3-7-20-11;1-8-16-11-5-4-9(15)7-10(11)14-17-13(18-19(8)14)12-3-2-6-20-12;1-8-4-5-9-10(7-8)16-14(15)19-13(9)17-12(18-19)11-3-2-6-20-11;14-7-3-4-9-8(6-7)12-17-11(10-2-1-5-20-10)18-19(12)13(15)16-9;14-7-3-1-4-8-10(7)12-17-11(9-5-2-6-20-9)18-19(12)13(15)16-8;14-7-3-4-9-8(6-7)12-17-11(10-2-1-5-20-10)18-19(12)13(15)16-9/h3-9H,1-2H3,(H2,17,18);2*2-7H,1H3;2-7H,1H3,(H2,15,16);3*1-6H,(H2,15,16). The van der Waals surface area contributed by atoms with Gasteiger partial charge >= 0.3 is 0 Å². The SMILES string of the molecule is CC(C)c1ccc2nc(N)n3nc(-c4ccco4)nc3c2c1.Cc1ccc2c(c1)nc(N)n1nc(-c3ccco3)nc21.Cc1nc2ccc(Cl)cc2c2nc(-c3ccco3)nn12.Cc1nc2cccc(Cl)c2c2nc(-c3ccco3)nn12.Nc1nc2ccc(Br)cc2c2nc(-c3ccco3)nn12.Nc1nc2ccc(F)cc2c2nc(-c3ccco3)nn12.Nc1nc2cccc(Cl)c2c2nc(-c3ccco3)nn12. The largest absolute Gasteiger partial charge is 0.461 e. The molecule has 0 saturated carbocycles. The fraction of sp³-hybridized carbons (Fsp3) is 0.0619. The quantitative estimate of drug-likeness (QED) is 0.0943. The first-order valence-corrected chi connectivity index (χ1v) is 45.1. The molecule has 28 rings (SSSR count). The summed E-state index contributed by atoms with van der Waals surface area (Å²) in [5.41, 5.74) is 41.7. The Kier molecular flexibility index (Phi) is 22.8. The number of nitrogens with two attached hydrogens (primary N) is 5. The van der Waals surface area contributed by atoms with E-state index < -0.39 is 0 Å². The molecule has 0 aliphatic carbocycles. The Hall–Kier alpha value is -18.6. The van der Waals surface area contributed by atoms with Crippen molar-refractivity contribution in [3.8, 4) is 81.1 Å². The van der Waals surface area contributed by atoms with Crippen molar-refractivity contribution in [2.24, 2.45) is 0 Å². The summed E-state index contributed by atoms with van der Waals surface area (Å²) in [6.07, 6.45) is 11.0. The average Bonchev–Trinajstić information content (AvgIpc) is 1.57. The molecule has 21 aromatic heterocycles. The van der Waals surface area contributed by atoms with Crippen molar-refractivity contribution < 1.29 is 35.3 Å². The first kappa shape index (κ1) is 88.7. The maximum absolute atomic E-state index is 13.4. The summed E-state index contributed by atoms with van der Waals surface area (Å²) >= 11 is 22.0. The van der Waals surface area contributed by atoms with Gasteiger partial charge in [-0.05, 0) is 226 Å². The number of benzene rings is 7. The van der Waals surface area contributed by atoms with Crippen molar-refractivity contribution in [2.45, 2.75) is 40.5 Å². The van der Waals surface area contributed by atoms with Gasteiger partial charge in [0.15, 0.2) is 79.9 Å². The van der Waals surface area contributed by atoms with Crippen LogP contribution in [0.2, 0.25) is 15.1 Å². The van der Waals surface area contributed by atoms with Crippen molar-refractivity contribution in [3.05, 3.63) is 304 Å². The van der Waals surface area contributed by atoms with E-state index in [-0.39, 0.29) is 17.7 Å². The molecule has 142 heavy (non-hydrogen) atoms. The van der Waals surface area contributed by atoms with E-state index in [2.05, 4.69) is 147 Å². The van der Waals surface area contributed by atoms with Crippen molar-refractivity contribution in [2.75, 3.05) is 28.7 Å². The number of furan rings is 7. The van der Waals surface area contributed by atoms with Crippen molar-refractivity contribution >= 4 is 196 Å². The molecule has 21 heterocycles. The fourth-order valence-corrected chi connectivity index (χ4v) is 16.7. The third-order valence-electron chi connectivity index (χ3n) is 22.2. The lowest BCUT2D eigenvalue weighted by Gasteiger charge is -2.07. The Morgan fingerprint density at radius 2 is 0.592 bits per heavy atom. The van der Waals surface area contributed by atoms with E-state index in [1.165, 1.54) is 42.0 Å². The highest BCUT2D eigenvalue weighted by molar-refractivity contribution is 9.10. The van der Waals surface area contributed by atoms with Crippen LogP contribution in [0.4, 0.5) is 34.1 Å². The zero-order valence-corrected chi connectivity index (χ0v) is 78.3. The molecule has 0 saturated heterocycles. The van der Waals surface area contributed by atoms with E-state index in [4.69, 9.17) is 94.4 Å². The highest BCUT2D eigenvalue weighted by Crippen LogP contribution is 2.36. The summed E-state index contributed by atoms with van der Waals surface area (Å²) in [6.45, 7) is 10.1. The number of nitrogens with zero attached hydrogens (tertiary/aromatic N) is 28. The molecule has 40 nitrogen and oxygen atoms in total. The van der Waals surface area contributed by atoms with Gasteiger partial charge in [0.1, 0.15) is 17.5 Å². The smallest absolute Gasteiger partial charge is 0.223 e. The number of nitrogen functional groups attached to an aromatic ring is 5. The van der Waals surface area contributed by atoms with Crippen LogP contribution < -0.4 is 28.7 Å². The number of hydrogen-bond acceptors (Lipinski definition) is 33. The van der Waals surface area contributed by atoms with Gasteiger partial charge in [-0.15, -0.1) is 35.7 Å². The Morgan fingerprint density at radius 1 is 0.282 bits per heavy atom. The van der Waals surface area contributed by atoms with Crippen LogP contribution in [0.3, 0.4) is 0 Å². The molecule has 0 spiro atoms. The normalized spacial score (nSPS) is 11.5. The van der Waals surface area contributed by atoms with Crippen molar-refractivity contribution in [1.82, 2.24) is 137 Å². The lowest BCUT2D eigenvalue weighted by Crippen LogP contribution is -2.03. The number of anilines is 5. The number of aryl methyl sites for hydroxylation is 3. The van der Waals surface area contributed by atoms with Crippen LogP contribution in [0.15, 0.2) is 292 Å². The molecule has 0 fully saturated rings. The molecule has 28 aromatic rings. The topological polar surface area (TPSA) is 524 Å². The summed E-state index contributed by atoms with van der Waals surface area (Å²) in [5.74, 6) is 10.4. The predicted molar refractivity (Wildman–Crippen MR) is 535 cm³/mol. The fourth-order valence-electron chi connectivity index (χ4n) is 15.6. The summed E-state index contributed by atoms with van der Waals surface area (Å²) in [4.78, 5) is 62.1. The number of hydrogen-bond donors (Lipinski definition) is 5. The van der Waals surface area contributed by atoms with Gasteiger partial charge in [0.25, 0.3) is 0 Å². The first-order chi connectivity index (χ1) is 69.0. The zero-order chi connectivity index (χ0) is 97.4. The second-order valence-electron chi connectivity index (χ2n) is 31.9. The molecule has 0 atom stereocenters. The maximum atomic E-state index is 13.4. The molecule has 0 amide bonds. The predicted octanol–water partition coefficient (Wildman–Crippen LogP) is 20.6. The van der Waals surface area contributed by atoms with E-state index in [0.29, 0.717) is 176 Å². The van der Waals surface area contributed by atoms with Crippen molar-refractivity contribution in [1.29, 1.82) is 0 Å². The van der Waals surface area contributed by atoms with Crippen LogP contribution in [0.1, 0.15) is 42.5 Å². The van der Waals surface area contributed by atoms with E-state index in [9.17, 15) is 4.39 Å². The minimum atomic E-state index is -0.367. The van der Waals surface area contributed by atoms with Crippen LogP contribution in [0.25, 0.3) is 197 Å². The number of aromatic nitrogens is 28.